The number of ether oxygens (including phenoxy) is 2. The van der Waals surface area contributed by atoms with Crippen LogP contribution in [0.3, 0.4) is 0 Å². The molecule has 0 bridgehead atoms. The highest BCUT2D eigenvalue weighted by molar-refractivity contribution is 5.63. The van der Waals surface area contributed by atoms with Gasteiger partial charge in [0.05, 0.1) is 25.2 Å². The van der Waals surface area contributed by atoms with Crippen molar-refractivity contribution in [1.82, 2.24) is 5.01 Å². The average Bonchev–Trinajstić information content (AvgIpc) is 2.39. The van der Waals surface area contributed by atoms with Crippen molar-refractivity contribution < 1.29 is 14.4 Å². The Morgan fingerprint density at radius 1 is 1.44 bits per heavy atom. The summed E-state index contributed by atoms with van der Waals surface area (Å²) in [6.07, 6.45) is 0. The summed E-state index contributed by atoms with van der Waals surface area (Å²) in [6, 6.07) is 4.62. The van der Waals surface area contributed by atoms with E-state index in [2.05, 4.69) is 5.43 Å². The zero-order valence-electron chi connectivity index (χ0n) is 10.1. The smallest absolute Gasteiger partial charge is 0.293 e. The lowest BCUT2D eigenvalue weighted by atomic mass is 10.2. The number of hydrogen-bond donors (Lipinski definition) is 1. The van der Waals surface area contributed by atoms with Crippen LogP contribution in [0.25, 0.3) is 0 Å². The monoisotopic (exact) mass is 253 g/mol. The quantitative estimate of drug-likeness (QED) is 0.643. The fraction of sp³-hybridized carbons (Fsp3) is 0.455. The average molecular weight is 253 g/mol. The number of rotatable bonds is 4. The number of nitro groups is 1. The van der Waals surface area contributed by atoms with Crippen LogP contribution in [0.15, 0.2) is 18.2 Å². The lowest BCUT2D eigenvalue weighted by molar-refractivity contribution is -0.384. The van der Waals surface area contributed by atoms with E-state index in [1.54, 1.807) is 12.1 Å². The molecule has 1 fully saturated rings. The molecule has 0 saturated carbocycles. The number of nitrogens with zero attached hydrogens (tertiary/aromatic N) is 2. The van der Waals surface area contributed by atoms with Gasteiger partial charge in [-0.2, -0.15) is 0 Å². The second-order valence-corrected chi connectivity index (χ2v) is 3.85. The van der Waals surface area contributed by atoms with Gasteiger partial charge in [-0.15, -0.1) is 0 Å². The fourth-order valence-electron chi connectivity index (χ4n) is 1.74. The molecule has 1 aromatic carbocycles. The van der Waals surface area contributed by atoms with E-state index in [4.69, 9.17) is 9.47 Å². The minimum atomic E-state index is -0.414. The molecule has 0 aliphatic carbocycles. The Hall–Kier alpha value is -1.86. The standard InChI is InChI=1S/C11H15N3O4/c1-17-9-2-3-11(14(15)16)10(8-9)12-13-4-6-18-7-5-13/h2-3,8,12H,4-7H2,1H3. The maximum atomic E-state index is 10.9. The molecule has 98 valence electrons. The van der Waals surface area contributed by atoms with Crippen LogP contribution in [0.5, 0.6) is 5.75 Å². The van der Waals surface area contributed by atoms with E-state index in [0.717, 1.165) is 0 Å². The molecule has 7 nitrogen and oxygen atoms in total. The minimum Gasteiger partial charge on any atom is -0.497 e. The lowest BCUT2D eigenvalue weighted by Gasteiger charge is -2.27. The van der Waals surface area contributed by atoms with Gasteiger partial charge < -0.3 is 14.9 Å². The van der Waals surface area contributed by atoms with Crippen molar-refractivity contribution in [2.24, 2.45) is 0 Å². The molecule has 0 aromatic heterocycles. The Balaban J connectivity index is 2.19. The number of anilines is 1. The van der Waals surface area contributed by atoms with E-state index >= 15 is 0 Å². The van der Waals surface area contributed by atoms with Crippen molar-refractivity contribution in [3.8, 4) is 5.75 Å². The predicted molar refractivity (Wildman–Crippen MR) is 65.7 cm³/mol. The zero-order valence-corrected chi connectivity index (χ0v) is 10.1. The Morgan fingerprint density at radius 2 is 2.17 bits per heavy atom. The Labute approximate surface area is 104 Å². The van der Waals surface area contributed by atoms with Crippen molar-refractivity contribution in [1.29, 1.82) is 0 Å². The maximum Gasteiger partial charge on any atom is 0.293 e. The topological polar surface area (TPSA) is 76.9 Å². The van der Waals surface area contributed by atoms with Gasteiger partial charge in [0.25, 0.3) is 5.69 Å². The molecule has 0 atom stereocenters. The van der Waals surface area contributed by atoms with E-state index in [0.29, 0.717) is 37.7 Å². The van der Waals surface area contributed by atoms with Crippen LogP contribution in [0.2, 0.25) is 0 Å². The van der Waals surface area contributed by atoms with Crippen LogP contribution in [-0.4, -0.2) is 43.3 Å². The van der Waals surface area contributed by atoms with Crippen molar-refractivity contribution >= 4 is 11.4 Å². The number of hydrogen-bond acceptors (Lipinski definition) is 6. The summed E-state index contributed by atoms with van der Waals surface area (Å²) >= 11 is 0. The van der Waals surface area contributed by atoms with Crippen molar-refractivity contribution in [2.75, 3.05) is 38.8 Å². The van der Waals surface area contributed by atoms with Crippen LogP contribution < -0.4 is 10.2 Å². The first-order chi connectivity index (χ1) is 8.70. The largest absolute Gasteiger partial charge is 0.497 e. The highest BCUT2D eigenvalue weighted by atomic mass is 16.6. The Kier molecular flexibility index (Phi) is 3.96. The third-order valence-electron chi connectivity index (χ3n) is 2.69. The molecule has 18 heavy (non-hydrogen) atoms. The Morgan fingerprint density at radius 3 is 2.78 bits per heavy atom. The van der Waals surface area contributed by atoms with Gasteiger partial charge in [0.2, 0.25) is 0 Å². The highest BCUT2D eigenvalue weighted by Crippen LogP contribution is 2.29. The molecule has 0 radical (unpaired) electrons. The van der Waals surface area contributed by atoms with Gasteiger partial charge in [0, 0.05) is 25.2 Å². The number of morpholine rings is 1. The molecule has 2 rings (SSSR count). The summed E-state index contributed by atoms with van der Waals surface area (Å²) in [5.41, 5.74) is 3.50. The molecule has 7 heteroatoms. The molecular weight excluding hydrogens is 238 g/mol. The molecule has 1 saturated heterocycles. The third kappa shape index (κ3) is 2.88. The van der Waals surface area contributed by atoms with Crippen LogP contribution in [0.4, 0.5) is 11.4 Å². The maximum absolute atomic E-state index is 10.9. The number of methoxy groups -OCH3 is 1. The van der Waals surface area contributed by atoms with E-state index < -0.39 is 4.92 Å². The summed E-state index contributed by atoms with van der Waals surface area (Å²) in [4.78, 5) is 10.5. The SMILES string of the molecule is COc1ccc([N+](=O)[O-])c(NN2CCOCC2)c1. The minimum absolute atomic E-state index is 0.0299. The first-order valence-corrected chi connectivity index (χ1v) is 5.62. The van der Waals surface area contributed by atoms with E-state index in [1.165, 1.54) is 13.2 Å². The number of nitrogens with one attached hydrogen (secondary N) is 1. The Bertz CT molecular complexity index is 432. The predicted octanol–water partition coefficient (Wildman–Crippen LogP) is 1.26. The zero-order chi connectivity index (χ0) is 13.0. The first-order valence-electron chi connectivity index (χ1n) is 5.62. The molecule has 0 amide bonds. The second-order valence-electron chi connectivity index (χ2n) is 3.85. The van der Waals surface area contributed by atoms with Crippen molar-refractivity contribution in [3.63, 3.8) is 0 Å². The van der Waals surface area contributed by atoms with Crippen LogP contribution in [0.1, 0.15) is 0 Å². The van der Waals surface area contributed by atoms with Gasteiger partial charge in [-0.1, -0.05) is 0 Å². The number of benzene rings is 1. The summed E-state index contributed by atoms with van der Waals surface area (Å²) in [7, 11) is 1.53. The molecule has 0 unspecified atom stereocenters. The second kappa shape index (κ2) is 5.65. The van der Waals surface area contributed by atoms with Gasteiger partial charge in [-0.3, -0.25) is 10.1 Å². The van der Waals surface area contributed by atoms with Crippen molar-refractivity contribution in [3.05, 3.63) is 28.3 Å². The molecule has 1 aliphatic rings. The molecule has 0 spiro atoms. The molecule has 1 heterocycles. The van der Waals surface area contributed by atoms with Gasteiger partial charge in [-0.05, 0) is 6.07 Å². The fourth-order valence-corrected chi connectivity index (χ4v) is 1.74. The summed E-state index contributed by atoms with van der Waals surface area (Å²) < 4.78 is 10.3. The number of nitro benzene ring substituents is 1. The molecular formula is C11H15N3O4. The third-order valence-corrected chi connectivity index (χ3v) is 2.69. The summed E-state index contributed by atoms with van der Waals surface area (Å²) in [5.74, 6) is 0.580. The van der Waals surface area contributed by atoms with Gasteiger partial charge in [-0.25, -0.2) is 5.01 Å². The van der Waals surface area contributed by atoms with E-state index in [9.17, 15) is 10.1 Å². The first kappa shape index (κ1) is 12.6. The summed E-state index contributed by atoms with van der Waals surface area (Å²) in [5, 5.41) is 12.8. The van der Waals surface area contributed by atoms with Gasteiger partial charge >= 0.3 is 0 Å². The molecule has 1 N–H and O–H groups in total. The van der Waals surface area contributed by atoms with Crippen molar-refractivity contribution in [2.45, 2.75) is 0 Å². The summed E-state index contributed by atoms with van der Waals surface area (Å²) in [6.45, 7) is 2.61. The van der Waals surface area contributed by atoms with Gasteiger partial charge in [0.1, 0.15) is 11.4 Å². The van der Waals surface area contributed by atoms with Crippen LogP contribution in [0, 0.1) is 10.1 Å². The number of hydrazine groups is 1. The van der Waals surface area contributed by atoms with Gasteiger partial charge in [0.15, 0.2) is 0 Å². The molecule has 1 aromatic rings. The lowest BCUT2D eigenvalue weighted by Crippen LogP contribution is -2.40. The molecule has 1 aliphatic heterocycles. The van der Waals surface area contributed by atoms with E-state index in [-0.39, 0.29) is 5.69 Å². The van der Waals surface area contributed by atoms with E-state index in [1.807, 2.05) is 5.01 Å². The normalized spacial score (nSPS) is 16.3. The van der Waals surface area contributed by atoms with Crippen LogP contribution >= 0.6 is 0 Å². The van der Waals surface area contributed by atoms with Crippen LogP contribution in [-0.2, 0) is 4.74 Å². The highest BCUT2D eigenvalue weighted by Gasteiger charge is 2.18.